The van der Waals surface area contributed by atoms with Gasteiger partial charge in [0.2, 0.25) is 5.95 Å². The molecule has 3 atom stereocenters. The van der Waals surface area contributed by atoms with Gasteiger partial charge in [-0.25, -0.2) is 19.5 Å². The van der Waals surface area contributed by atoms with Gasteiger partial charge in [-0.2, -0.15) is 0 Å². The standard InChI is InChI=1S/C26H35ClN6O3/c1-17(2)33-22-13-19(29-14-21(22)31-24(33)16-36-25-6-4-5-11-35-25)12-18-7-9-28-26(30-18)32-10-8-23(34-3)20(27)15-32/h7,9,13-14,17,20,23,25H,4-6,8,10-12,15-16H2,1-3H3/p+1/t20-,23+,25?/m0/s1. The van der Waals surface area contributed by atoms with Gasteiger partial charge in [-0.3, -0.25) is 4.98 Å². The van der Waals surface area contributed by atoms with Gasteiger partial charge in [0.25, 0.3) is 5.82 Å². The molecule has 0 radical (unpaired) electrons. The fourth-order valence-corrected chi connectivity index (χ4v) is 5.50. The summed E-state index contributed by atoms with van der Waals surface area (Å²) in [4.78, 5) is 19.7. The monoisotopic (exact) mass is 515 g/mol. The van der Waals surface area contributed by atoms with Crippen LogP contribution in [0.2, 0.25) is 0 Å². The SMILES string of the molecule is CO[C@@H]1CCN(c2nccc(Cc3cc4c(cn3)[nH]c(COC3CCCCO3)[n+]4C(C)C)n2)C[C@@H]1Cl. The molecule has 2 aliphatic rings. The topological polar surface area (TPSA) is 89.3 Å². The van der Waals surface area contributed by atoms with Crippen molar-refractivity contribution in [1.29, 1.82) is 0 Å². The van der Waals surface area contributed by atoms with Crippen molar-refractivity contribution in [3.63, 3.8) is 0 Å². The first-order chi connectivity index (χ1) is 17.5. The lowest BCUT2D eigenvalue weighted by molar-refractivity contribution is -0.700. The highest BCUT2D eigenvalue weighted by Crippen LogP contribution is 2.23. The molecule has 5 heterocycles. The minimum atomic E-state index is -0.124. The molecule has 0 saturated carbocycles. The number of halogens is 1. The number of aromatic nitrogens is 5. The van der Waals surface area contributed by atoms with Crippen molar-refractivity contribution in [2.45, 2.75) is 76.4 Å². The molecule has 2 saturated heterocycles. The highest BCUT2D eigenvalue weighted by atomic mass is 35.5. The van der Waals surface area contributed by atoms with E-state index in [1.165, 1.54) is 0 Å². The molecule has 1 N–H and O–H groups in total. The Hall–Kier alpha value is -2.33. The molecular weight excluding hydrogens is 480 g/mol. The molecule has 3 aromatic heterocycles. The van der Waals surface area contributed by atoms with Gasteiger partial charge >= 0.3 is 0 Å². The maximum atomic E-state index is 6.51. The molecule has 3 aromatic rings. The minimum Gasteiger partial charge on any atom is -0.380 e. The van der Waals surface area contributed by atoms with Crippen LogP contribution in [0.4, 0.5) is 5.95 Å². The summed E-state index contributed by atoms with van der Waals surface area (Å²) < 4.78 is 19.6. The van der Waals surface area contributed by atoms with Crippen LogP contribution in [0.3, 0.4) is 0 Å². The van der Waals surface area contributed by atoms with Gasteiger partial charge in [0.05, 0.1) is 35.1 Å². The van der Waals surface area contributed by atoms with E-state index in [1.807, 2.05) is 18.5 Å². The number of fused-ring (bicyclic) bond motifs is 1. The van der Waals surface area contributed by atoms with Gasteiger partial charge in [-0.05, 0) is 45.6 Å². The van der Waals surface area contributed by atoms with Crippen LogP contribution in [-0.4, -0.2) is 64.5 Å². The van der Waals surface area contributed by atoms with Crippen LogP contribution in [0.5, 0.6) is 0 Å². The molecule has 9 nitrogen and oxygen atoms in total. The number of aromatic amines is 1. The Balaban J connectivity index is 1.33. The Bertz CT molecular complexity index is 1170. The summed E-state index contributed by atoms with van der Waals surface area (Å²) in [7, 11) is 1.71. The Morgan fingerprint density at radius 1 is 1.25 bits per heavy atom. The molecular formula is C26H36ClN6O3+. The van der Waals surface area contributed by atoms with E-state index in [-0.39, 0.29) is 23.8 Å². The molecule has 0 aromatic carbocycles. The van der Waals surface area contributed by atoms with Crippen LogP contribution in [0.1, 0.15) is 62.8 Å². The van der Waals surface area contributed by atoms with Crippen molar-refractivity contribution in [1.82, 2.24) is 19.9 Å². The highest BCUT2D eigenvalue weighted by Gasteiger charge is 2.29. The fraction of sp³-hybridized carbons (Fsp3) is 0.615. The molecule has 10 heteroatoms. The van der Waals surface area contributed by atoms with Crippen LogP contribution in [-0.2, 0) is 27.2 Å². The molecule has 0 aliphatic carbocycles. The zero-order valence-electron chi connectivity index (χ0n) is 21.3. The lowest BCUT2D eigenvalue weighted by atomic mass is 10.1. The molecule has 0 bridgehead atoms. The van der Waals surface area contributed by atoms with Crippen molar-refractivity contribution in [3.8, 4) is 0 Å². The average molecular weight is 516 g/mol. The number of alkyl halides is 1. The Morgan fingerprint density at radius 3 is 2.89 bits per heavy atom. The summed E-state index contributed by atoms with van der Waals surface area (Å²) in [5, 5.41) is -0.0806. The van der Waals surface area contributed by atoms with Crippen LogP contribution < -0.4 is 9.47 Å². The van der Waals surface area contributed by atoms with Gasteiger partial charge < -0.3 is 19.1 Å². The second kappa shape index (κ2) is 11.4. The number of imidazole rings is 1. The summed E-state index contributed by atoms with van der Waals surface area (Å²) in [6, 6.07) is 4.36. The Morgan fingerprint density at radius 2 is 2.14 bits per heavy atom. The second-order valence-corrected chi connectivity index (χ2v) is 10.4. The van der Waals surface area contributed by atoms with E-state index in [2.05, 4.69) is 39.3 Å². The summed E-state index contributed by atoms with van der Waals surface area (Å²) in [6.45, 7) is 7.11. The molecule has 36 heavy (non-hydrogen) atoms. The van der Waals surface area contributed by atoms with Gasteiger partial charge in [-0.15, -0.1) is 11.6 Å². The summed E-state index contributed by atoms with van der Waals surface area (Å²) in [5.74, 6) is 1.73. The molecule has 5 rings (SSSR count). The number of pyridine rings is 1. The maximum Gasteiger partial charge on any atom is 0.281 e. The van der Waals surface area contributed by atoms with E-state index in [9.17, 15) is 0 Å². The van der Waals surface area contributed by atoms with Gasteiger partial charge in [-0.1, -0.05) is 0 Å². The lowest BCUT2D eigenvalue weighted by Crippen LogP contribution is -2.45. The van der Waals surface area contributed by atoms with Crippen molar-refractivity contribution < 1.29 is 18.8 Å². The number of methoxy groups -OCH3 is 1. The number of anilines is 1. The van der Waals surface area contributed by atoms with E-state index in [1.54, 1.807) is 7.11 Å². The third kappa shape index (κ3) is 5.64. The van der Waals surface area contributed by atoms with Crippen molar-refractivity contribution in [2.75, 3.05) is 31.7 Å². The predicted molar refractivity (Wildman–Crippen MR) is 137 cm³/mol. The molecule has 1 unspecified atom stereocenters. The number of hydrogen-bond acceptors (Lipinski definition) is 7. The summed E-state index contributed by atoms with van der Waals surface area (Å²) in [6.07, 6.45) is 8.35. The Kier molecular flexibility index (Phi) is 8.00. The number of piperidine rings is 1. The average Bonchev–Trinajstić information content (AvgIpc) is 3.26. The quantitative estimate of drug-likeness (QED) is 0.361. The zero-order chi connectivity index (χ0) is 25.1. The predicted octanol–water partition coefficient (Wildman–Crippen LogP) is 3.69. The number of H-pyrrole nitrogens is 1. The first-order valence-electron chi connectivity index (χ1n) is 12.9. The van der Waals surface area contributed by atoms with Crippen LogP contribution >= 0.6 is 11.6 Å². The first kappa shape index (κ1) is 25.3. The second-order valence-electron chi connectivity index (χ2n) is 9.88. The van der Waals surface area contributed by atoms with E-state index in [0.717, 1.165) is 67.1 Å². The number of nitrogens with one attached hydrogen (secondary N) is 1. The highest BCUT2D eigenvalue weighted by molar-refractivity contribution is 6.21. The number of nitrogens with zero attached hydrogens (tertiary/aromatic N) is 5. The molecule has 194 valence electrons. The zero-order valence-corrected chi connectivity index (χ0v) is 22.1. The third-order valence-electron chi connectivity index (χ3n) is 6.96. The third-order valence-corrected chi connectivity index (χ3v) is 7.38. The maximum absolute atomic E-state index is 6.51. The summed E-state index contributed by atoms with van der Waals surface area (Å²) >= 11 is 6.51. The van der Waals surface area contributed by atoms with Gasteiger partial charge in [0.1, 0.15) is 0 Å². The minimum absolute atomic E-state index is 0.0708. The number of hydrogen-bond donors (Lipinski definition) is 1. The summed E-state index contributed by atoms with van der Waals surface area (Å²) in [5.41, 5.74) is 3.99. The lowest BCUT2D eigenvalue weighted by Gasteiger charge is -2.34. The normalized spacial score (nSPS) is 23.0. The Labute approximate surface area is 217 Å². The van der Waals surface area contributed by atoms with Gasteiger partial charge in [0.15, 0.2) is 23.9 Å². The molecule has 2 aliphatic heterocycles. The van der Waals surface area contributed by atoms with E-state index < -0.39 is 0 Å². The van der Waals surface area contributed by atoms with Crippen molar-refractivity contribution >= 4 is 28.6 Å². The van der Waals surface area contributed by atoms with Crippen LogP contribution in [0, 0.1) is 0 Å². The van der Waals surface area contributed by atoms with Gasteiger partial charge in [0, 0.05) is 45.5 Å². The molecule has 0 spiro atoms. The molecule has 2 fully saturated rings. The number of ether oxygens (including phenoxy) is 3. The van der Waals surface area contributed by atoms with E-state index >= 15 is 0 Å². The fourth-order valence-electron chi connectivity index (χ4n) is 5.10. The molecule has 0 amide bonds. The van der Waals surface area contributed by atoms with E-state index in [4.69, 9.17) is 35.8 Å². The number of rotatable bonds is 8. The van der Waals surface area contributed by atoms with Crippen molar-refractivity contribution in [2.24, 2.45) is 0 Å². The van der Waals surface area contributed by atoms with Crippen LogP contribution in [0.25, 0.3) is 11.0 Å². The largest absolute Gasteiger partial charge is 0.380 e. The van der Waals surface area contributed by atoms with E-state index in [0.29, 0.717) is 25.5 Å². The van der Waals surface area contributed by atoms with Crippen LogP contribution in [0.15, 0.2) is 24.5 Å². The van der Waals surface area contributed by atoms with Crippen molar-refractivity contribution in [3.05, 3.63) is 41.7 Å². The smallest absolute Gasteiger partial charge is 0.281 e. The first-order valence-corrected chi connectivity index (χ1v) is 13.3.